The maximum atomic E-state index is 12.7. The second kappa shape index (κ2) is 7.83. The summed E-state index contributed by atoms with van der Waals surface area (Å²) in [6.45, 7) is 1.05. The Morgan fingerprint density at radius 1 is 0.923 bits per heavy atom. The molecule has 1 fully saturated rings. The summed E-state index contributed by atoms with van der Waals surface area (Å²) in [6.07, 6.45) is 5.82. The van der Waals surface area contributed by atoms with E-state index in [2.05, 4.69) is 9.71 Å². The minimum Gasteiger partial charge on any atom is -0.265 e. The highest BCUT2D eigenvalue weighted by molar-refractivity contribution is 7.90. The summed E-state index contributed by atoms with van der Waals surface area (Å²) in [4.78, 5) is 3.82. The third-order valence-electron chi connectivity index (χ3n) is 4.28. The van der Waals surface area contributed by atoms with Crippen LogP contribution in [0.2, 0.25) is 0 Å². The number of piperidine rings is 1. The van der Waals surface area contributed by atoms with Crippen LogP contribution >= 0.6 is 0 Å². The molecule has 0 bridgehead atoms. The molecule has 1 saturated heterocycles. The maximum absolute atomic E-state index is 12.7. The van der Waals surface area contributed by atoms with Crippen molar-refractivity contribution in [3.63, 3.8) is 0 Å². The van der Waals surface area contributed by atoms with Crippen molar-refractivity contribution in [2.75, 3.05) is 13.1 Å². The monoisotopic (exact) mass is 395 g/mol. The molecule has 140 valence electrons. The van der Waals surface area contributed by atoms with Crippen LogP contribution < -0.4 is 4.72 Å². The van der Waals surface area contributed by atoms with Gasteiger partial charge in [-0.05, 0) is 48.7 Å². The summed E-state index contributed by atoms with van der Waals surface area (Å²) >= 11 is 0. The van der Waals surface area contributed by atoms with Crippen LogP contribution in [0, 0.1) is 0 Å². The number of nitrogens with zero attached hydrogens (tertiary/aromatic N) is 2. The van der Waals surface area contributed by atoms with E-state index in [-0.39, 0.29) is 16.3 Å². The lowest BCUT2D eigenvalue weighted by molar-refractivity contribution is 0.346. The van der Waals surface area contributed by atoms with E-state index < -0.39 is 20.0 Å². The molecule has 0 spiro atoms. The lowest BCUT2D eigenvalue weighted by Crippen LogP contribution is -2.35. The van der Waals surface area contributed by atoms with Gasteiger partial charge in [0.05, 0.1) is 9.79 Å². The van der Waals surface area contributed by atoms with Crippen LogP contribution in [-0.4, -0.2) is 39.2 Å². The van der Waals surface area contributed by atoms with Gasteiger partial charge in [-0.2, -0.15) is 4.31 Å². The topological polar surface area (TPSA) is 96.4 Å². The summed E-state index contributed by atoms with van der Waals surface area (Å²) in [5, 5.41) is 0. The largest absolute Gasteiger partial charge is 0.265 e. The Balaban J connectivity index is 1.81. The SMILES string of the molecule is O=S(=O)(NCc1ccncc1)c1cccc(S(=O)(=O)N2CCCCC2)c1. The fourth-order valence-corrected chi connectivity index (χ4v) is 5.52. The molecule has 0 unspecified atom stereocenters. The average Bonchev–Trinajstić information content (AvgIpc) is 2.68. The van der Waals surface area contributed by atoms with Crippen LogP contribution in [0.4, 0.5) is 0 Å². The molecule has 1 aliphatic rings. The van der Waals surface area contributed by atoms with Crippen molar-refractivity contribution >= 4 is 20.0 Å². The van der Waals surface area contributed by atoms with Crippen molar-refractivity contribution in [1.29, 1.82) is 0 Å². The minimum absolute atomic E-state index is 0.00573. The van der Waals surface area contributed by atoms with E-state index in [1.807, 2.05) is 0 Å². The average molecular weight is 396 g/mol. The zero-order valence-corrected chi connectivity index (χ0v) is 15.8. The summed E-state index contributed by atoms with van der Waals surface area (Å²) in [7, 11) is -7.50. The van der Waals surface area contributed by atoms with Crippen LogP contribution in [0.3, 0.4) is 0 Å². The molecule has 3 rings (SSSR count). The van der Waals surface area contributed by atoms with Gasteiger partial charge in [0.2, 0.25) is 20.0 Å². The van der Waals surface area contributed by atoms with E-state index in [1.165, 1.54) is 28.6 Å². The van der Waals surface area contributed by atoms with Crippen molar-refractivity contribution in [3.05, 3.63) is 54.4 Å². The smallest absolute Gasteiger partial charge is 0.243 e. The fourth-order valence-electron chi connectivity index (χ4n) is 2.82. The number of pyridine rings is 1. The second-order valence-electron chi connectivity index (χ2n) is 6.12. The van der Waals surface area contributed by atoms with Gasteiger partial charge in [-0.15, -0.1) is 0 Å². The molecule has 2 heterocycles. The molecular weight excluding hydrogens is 374 g/mol. The first-order chi connectivity index (χ1) is 12.4. The first kappa shape index (κ1) is 19.0. The van der Waals surface area contributed by atoms with Crippen LogP contribution in [-0.2, 0) is 26.6 Å². The fraction of sp³-hybridized carbons (Fsp3) is 0.353. The van der Waals surface area contributed by atoms with Crippen molar-refractivity contribution in [1.82, 2.24) is 14.0 Å². The number of benzene rings is 1. The van der Waals surface area contributed by atoms with E-state index in [0.29, 0.717) is 13.1 Å². The molecule has 0 radical (unpaired) electrons. The van der Waals surface area contributed by atoms with Gasteiger partial charge >= 0.3 is 0 Å². The van der Waals surface area contributed by atoms with E-state index >= 15 is 0 Å². The van der Waals surface area contributed by atoms with Crippen LogP contribution in [0.1, 0.15) is 24.8 Å². The predicted octanol–water partition coefficient (Wildman–Crippen LogP) is 1.73. The first-order valence-electron chi connectivity index (χ1n) is 8.38. The molecule has 0 atom stereocenters. The van der Waals surface area contributed by atoms with Gasteiger partial charge in [-0.25, -0.2) is 21.6 Å². The van der Waals surface area contributed by atoms with Gasteiger partial charge in [0.25, 0.3) is 0 Å². The van der Waals surface area contributed by atoms with Gasteiger partial charge in [0.15, 0.2) is 0 Å². The van der Waals surface area contributed by atoms with E-state index in [1.54, 1.807) is 24.5 Å². The molecule has 7 nitrogen and oxygen atoms in total. The zero-order valence-electron chi connectivity index (χ0n) is 14.2. The van der Waals surface area contributed by atoms with Gasteiger partial charge in [0, 0.05) is 32.0 Å². The van der Waals surface area contributed by atoms with Crippen molar-refractivity contribution < 1.29 is 16.8 Å². The van der Waals surface area contributed by atoms with Crippen LogP contribution in [0.25, 0.3) is 0 Å². The Morgan fingerprint density at radius 3 is 2.27 bits per heavy atom. The highest BCUT2D eigenvalue weighted by atomic mass is 32.2. The first-order valence-corrected chi connectivity index (χ1v) is 11.3. The number of hydrogen-bond donors (Lipinski definition) is 1. The van der Waals surface area contributed by atoms with Gasteiger partial charge in [0.1, 0.15) is 0 Å². The number of rotatable bonds is 6. The third kappa shape index (κ3) is 4.29. The normalized spacial score (nSPS) is 16.5. The standard InChI is InChI=1S/C17H21N3O4S2/c21-25(22,19-14-15-7-9-18-10-8-15)16-5-4-6-17(13-16)26(23,24)20-11-2-1-3-12-20/h4-10,13,19H,1-3,11-12,14H2. The Bertz CT molecular complexity index is 955. The molecular formula is C17H21N3O4S2. The van der Waals surface area contributed by atoms with Crippen molar-refractivity contribution in [3.8, 4) is 0 Å². The van der Waals surface area contributed by atoms with Crippen molar-refractivity contribution in [2.45, 2.75) is 35.6 Å². The molecule has 2 aromatic rings. The molecule has 9 heteroatoms. The highest BCUT2D eigenvalue weighted by Crippen LogP contribution is 2.22. The number of aromatic nitrogens is 1. The minimum atomic E-state index is -3.83. The van der Waals surface area contributed by atoms with Crippen LogP contribution in [0.15, 0.2) is 58.6 Å². The van der Waals surface area contributed by atoms with Crippen LogP contribution in [0.5, 0.6) is 0 Å². The van der Waals surface area contributed by atoms with Crippen molar-refractivity contribution in [2.24, 2.45) is 0 Å². The van der Waals surface area contributed by atoms with Gasteiger partial charge in [-0.1, -0.05) is 12.5 Å². The molecule has 1 aromatic heterocycles. The highest BCUT2D eigenvalue weighted by Gasteiger charge is 2.27. The van der Waals surface area contributed by atoms with Gasteiger partial charge in [-0.3, -0.25) is 4.98 Å². The number of hydrogen-bond acceptors (Lipinski definition) is 5. The lowest BCUT2D eigenvalue weighted by Gasteiger charge is -2.26. The second-order valence-corrected chi connectivity index (χ2v) is 9.82. The summed E-state index contributed by atoms with van der Waals surface area (Å²) < 4.78 is 54.5. The Labute approximate surface area is 154 Å². The van der Waals surface area contributed by atoms with E-state index in [0.717, 1.165) is 24.8 Å². The maximum Gasteiger partial charge on any atom is 0.243 e. The summed E-state index contributed by atoms with van der Waals surface area (Å²) in [5.74, 6) is 0. The Morgan fingerprint density at radius 2 is 1.58 bits per heavy atom. The molecule has 1 N–H and O–H groups in total. The molecule has 26 heavy (non-hydrogen) atoms. The lowest BCUT2D eigenvalue weighted by atomic mass is 10.2. The summed E-state index contributed by atoms with van der Waals surface area (Å²) in [5.41, 5.74) is 0.765. The van der Waals surface area contributed by atoms with Gasteiger partial charge < -0.3 is 0 Å². The van der Waals surface area contributed by atoms with E-state index in [4.69, 9.17) is 0 Å². The molecule has 1 aromatic carbocycles. The predicted molar refractivity (Wildman–Crippen MR) is 97.3 cm³/mol. The molecule has 1 aliphatic heterocycles. The van der Waals surface area contributed by atoms with E-state index in [9.17, 15) is 16.8 Å². The Hall–Kier alpha value is -1.81. The number of sulfonamides is 2. The molecule has 0 aliphatic carbocycles. The number of nitrogens with one attached hydrogen (secondary N) is 1. The third-order valence-corrected chi connectivity index (χ3v) is 7.58. The Kier molecular flexibility index (Phi) is 5.71. The molecule has 0 saturated carbocycles. The zero-order chi connectivity index (χ0) is 18.6. The quantitative estimate of drug-likeness (QED) is 0.804. The summed E-state index contributed by atoms with van der Waals surface area (Å²) in [6, 6.07) is 8.92. The molecule has 0 amide bonds.